The maximum atomic E-state index is 2.54. The van der Waals surface area contributed by atoms with Crippen molar-refractivity contribution < 1.29 is 0 Å². The summed E-state index contributed by atoms with van der Waals surface area (Å²) >= 11 is 3.78. The quantitative estimate of drug-likeness (QED) is 0.174. The van der Waals surface area contributed by atoms with Gasteiger partial charge in [0, 0.05) is 36.5 Å². The van der Waals surface area contributed by atoms with Crippen LogP contribution in [0.1, 0.15) is 44.5 Å². The summed E-state index contributed by atoms with van der Waals surface area (Å²) in [5.41, 5.74) is 20.7. The fourth-order valence-electron chi connectivity index (χ4n) is 11.9. The molecule has 2 aliphatic heterocycles. The molecule has 0 bridgehead atoms. The van der Waals surface area contributed by atoms with E-state index in [0.29, 0.717) is 0 Å². The van der Waals surface area contributed by atoms with Crippen LogP contribution in [0.4, 0.5) is 17.1 Å². The lowest BCUT2D eigenvalue weighted by Gasteiger charge is -2.40. The van der Waals surface area contributed by atoms with Gasteiger partial charge >= 0.3 is 0 Å². The molecule has 65 heavy (non-hydrogen) atoms. The van der Waals surface area contributed by atoms with E-state index in [1.54, 1.807) is 0 Å². The zero-order valence-electron chi connectivity index (χ0n) is 35.3. The first-order valence-electron chi connectivity index (χ1n) is 22.4. The SMILES string of the molecule is c1ccc(-c2cccc(N(c3ccc4c(c3)-c3ccccc3C43c4ccccc4Sc4ccccc43)c3cccc4c3-c3ccccc3C43c4ccccc4Sc4ccccc43)c2)cc1. The van der Waals surface area contributed by atoms with Crippen LogP contribution < -0.4 is 4.90 Å². The van der Waals surface area contributed by atoms with Crippen molar-refractivity contribution in [1.82, 2.24) is 0 Å². The van der Waals surface area contributed by atoms with Crippen LogP contribution in [-0.4, -0.2) is 0 Å². The molecule has 0 amide bonds. The third-order valence-corrected chi connectivity index (χ3v) is 16.7. The van der Waals surface area contributed by atoms with Crippen molar-refractivity contribution in [2.45, 2.75) is 30.4 Å². The van der Waals surface area contributed by atoms with Crippen molar-refractivity contribution in [3.63, 3.8) is 0 Å². The fourth-order valence-corrected chi connectivity index (χ4v) is 14.3. The Hall–Kier alpha value is -7.30. The molecule has 3 heteroatoms. The zero-order chi connectivity index (χ0) is 42.7. The highest BCUT2D eigenvalue weighted by molar-refractivity contribution is 7.99. The molecule has 4 aliphatic rings. The molecule has 0 N–H and O–H groups in total. The lowest BCUT2D eigenvalue weighted by atomic mass is 9.67. The van der Waals surface area contributed by atoms with Crippen molar-refractivity contribution in [3.8, 4) is 33.4 Å². The molecule has 304 valence electrons. The summed E-state index contributed by atoms with van der Waals surface area (Å²) in [4.78, 5) is 7.79. The summed E-state index contributed by atoms with van der Waals surface area (Å²) in [7, 11) is 0. The van der Waals surface area contributed by atoms with Gasteiger partial charge < -0.3 is 4.90 Å². The molecule has 1 nitrogen and oxygen atoms in total. The second-order valence-corrected chi connectivity index (χ2v) is 19.6. The number of hydrogen-bond donors (Lipinski definition) is 0. The van der Waals surface area contributed by atoms with Crippen molar-refractivity contribution in [3.05, 3.63) is 281 Å². The van der Waals surface area contributed by atoms with Crippen molar-refractivity contribution in [2.75, 3.05) is 4.90 Å². The standard InChI is InChI=1S/C62H39NS2/c1-2-18-40(19-3-1)41-20-16-21-42(38-41)63(43-36-37-49-46(39-43)44-22-4-6-24-47(44)61(49)50-26-8-12-32-56(50)64-57-33-13-9-27-51(57)61)55-31-17-30-54-60(55)45-23-5-7-25-48(45)62(54)52-28-10-14-34-58(52)65-59-35-15-11-29-53(59)62/h1-39H. The topological polar surface area (TPSA) is 3.24 Å². The van der Waals surface area contributed by atoms with Gasteiger partial charge in [-0.05, 0) is 127 Å². The molecule has 0 fully saturated rings. The first kappa shape index (κ1) is 37.1. The number of rotatable bonds is 4. The van der Waals surface area contributed by atoms with Gasteiger partial charge in [0.25, 0.3) is 0 Å². The second kappa shape index (κ2) is 14.1. The fraction of sp³-hybridized carbons (Fsp3) is 0.0323. The van der Waals surface area contributed by atoms with E-state index in [4.69, 9.17) is 0 Å². The van der Waals surface area contributed by atoms with E-state index in [1.165, 1.54) is 97.5 Å². The maximum absolute atomic E-state index is 2.54. The molecule has 2 spiro atoms. The highest BCUT2D eigenvalue weighted by atomic mass is 32.2. The molecule has 10 aromatic carbocycles. The van der Waals surface area contributed by atoms with Gasteiger partial charge in [0.1, 0.15) is 0 Å². The van der Waals surface area contributed by atoms with Gasteiger partial charge in [-0.2, -0.15) is 0 Å². The normalized spacial score (nSPS) is 14.6. The van der Waals surface area contributed by atoms with Gasteiger partial charge in [0.2, 0.25) is 0 Å². The van der Waals surface area contributed by atoms with E-state index in [1.807, 2.05) is 23.5 Å². The predicted octanol–water partition coefficient (Wildman–Crippen LogP) is 16.5. The first-order valence-corrected chi connectivity index (χ1v) is 24.0. The Morgan fingerprint density at radius 2 is 0.708 bits per heavy atom. The van der Waals surface area contributed by atoms with Crippen LogP contribution in [0.25, 0.3) is 33.4 Å². The van der Waals surface area contributed by atoms with E-state index < -0.39 is 10.8 Å². The number of fused-ring (bicyclic) bond motifs is 18. The van der Waals surface area contributed by atoms with Crippen LogP contribution in [0.5, 0.6) is 0 Å². The molecule has 0 saturated carbocycles. The molecule has 0 atom stereocenters. The van der Waals surface area contributed by atoms with E-state index in [-0.39, 0.29) is 0 Å². The van der Waals surface area contributed by atoms with Crippen LogP contribution >= 0.6 is 23.5 Å². The molecule has 2 heterocycles. The van der Waals surface area contributed by atoms with Gasteiger partial charge in [0.15, 0.2) is 0 Å². The van der Waals surface area contributed by atoms with Crippen LogP contribution in [-0.2, 0) is 10.8 Å². The van der Waals surface area contributed by atoms with E-state index in [2.05, 4.69) is 241 Å². The summed E-state index contributed by atoms with van der Waals surface area (Å²) in [6.45, 7) is 0. The third kappa shape index (κ3) is 5.03. The summed E-state index contributed by atoms with van der Waals surface area (Å²) < 4.78 is 0. The molecule has 10 aromatic rings. The van der Waals surface area contributed by atoms with Crippen LogP contribution in [0.3, 0.4) is 0 Å². The average Bonchev–Trinajstić information content (AvgIpc) is 3.83. The molecule has 14 rings (SSSR count). The second-order valence-electron chi connectivity index (χ2n) is 17.5. The summed E-state index contributed by atoms with van der Waals surface area (Å²) in [5.74, 6) is 0. The monoisotopic (exact) mass is 861 g/mol. The zero-order valence-corrected chi connectivity index (χ0v) is 36.9. The number of hydrogen-bond acceptors (Lipinski definition) is 3. The summed E-state index contributed by atoms with van der Waals surface area (Å²) in [6.07, 6.45) is 0. The number of benzene rings is 10. The van der Waals surface area contributed by atoms with Gasteiger partial charge in [-0.15, -0.1) is 0 Å². The van der Waals surface area contributed by atoms with Crippen LogP contribution in [0.15, 0.2) is 256 Å². The highest BCUT2D eigenvalue weighted by Crippen LogP contribution is 2.66. The molecule has 0 unspecified atom stereocenters. The summed E-state index contributed by atoms with van der Waals surface area (Å²) in [5, 5.41) is 0. The summed E-state index contributed by atoms with van der Waals surface area (Å²) in [6, 6.07) is 88.9. The number of nitrogens with zero attached hydrogens (tertiary/aromatic N) is 1. The Kier molecular flexibility index (Phi) is 8.05. The largest absolute Gasteiger partial charge is 0.310 e. The van der Waals surface area contributed by atoms with E-state index in [0.717, 1.165) is 17.1 Å². The third-order valence-electron chi connectivity index (χ3n) is 14.4. The first-order chi connectivity index (χ1) is 32.2. The van der Waals surface area contributed by atoms with Gasteiger partial charge in [-0.1, -0.05) is 206 Å². The minimum atomic E-state index is -0.485. The highest BCUT2D eigenvalue weighted by Gasteiger charge is 2.52. The van der Waals surface area contributed by atoms with Crippen LogP contribution in [0, 0.1) is 0 Å². The lowest BCUT2D eigenvalue weighted by Crippen LogP contribution is -2.32. The Bertz CT molecular complexity index is 3500. The maximum Gasteiger partial charge on any atom is 0.0736 e. The minimum absolute atomic E-state index is 0.444. The molecule has 2 aliphatic carbocycles. The average molecular weight is 862 g/mol. The van der Waals surface area contributed by atoms with Gasteiger partial charge in [-0.25, -0.2) is 0 Å². The number of anilines is 3. The molecule has 0 saturated heterocycles. The van der Waals surface area contributed by atoms with Crippen LogP contribution in [0.2, 0.25) is 0 Å². The minimum Gasteiger partial charge on any atom is -0.310 e. The van der Waals surface area contributed by atoms with Crippen molar-refractivity contribution in [2.24, 2.45) is 0 Å². The van der Waals surface area contributed by atoms with Gasteiger partial charge in [0.05, 0.1) is 16.5 Å². The smallest absolute Gasteiger partial charge is 0.0736 e. The molecule has 0 radical (unpaired) electrons. The lowest BCUT2D eigenvalue weighted by molar-refractivity contribution is 0.722. The molecular formula is C62H39NS2. The Balaban J connectivity index is 1.06. The Morgan fingerprint density at radius 3 is 1.32 bits per heavy atom. The molecular weight excluding hydrogens is 823 g/mol. The van der Waals surface area contributed by atoms with E-state index in [9.17, 15) is 0 Å². The predicted molar refractivity (Wildman–Crippen MR) is 269 cm³/mol. The Morgan fingerprint density at radius 1 is 0.277 bits per heavy atom. The van der Waals surface area contributed by atoms with Crippen molar-refractivity contribution in [1.29, 1.82) is 0 Å². The van der Waals surface area contributed by atoms with Crippen molar-refractivity contribution >= 4 is 40.6 Å². The Labute approximate surface area is 388 Å². The molecule has 0 aromatic heterocycles. The van der Waals surface area contributed by atoms with Gasteiger partial charge in [-0.3, -0.25) is 0 Å². The van der Waals surface area contributed by atoms with E-state index >= 15 is 0 Å².